The van der Waals surface area contributed by atoms with Gasteiger partial charge in [0.2, 0.25) is 0 Å². The fourth-order valence-corrected chi connectivity index (χ4v) is 1.53. The van der Waals surface area contributed by atoms with Crippen LogP contribution in [0.3, 0.4) is 0 Å². The van der Waals surface area contributed by atoms with Crippen molar-refractivity contribution in [3.8, 4) is 5.75 Å². The largest absolute Gasteiger partial charge is 0.507 e. The molecule has 0 unspecified atom stereocenters. The summed E-state index contributed by atoms with van der Waals surface area (Å²) in [4.78, 5) is 10.7. The molecule has 0 aliphatic rings. The van der Waals surface area contributed by atoms with E-state index in [9.17, 15) is 14.3 Å². The number of carbonyl (C=O) groups is 1. The first kappa shape index (κ1) is 12.4. The van der Waals surface area contributed by atoms with Crippen LogP contribution in [-0.4, -0.2) is 16.2 Å². The highest BCUT2D eigenvalue weighted by molar-refractivity contribution is 5.91. The molecule has 1 atom stereocenters. The first-order valence-electron chi connectivity index (χ1n) is 4.98. The molecule has 0 heterocycles. The van der Waals surface area contributed by atoms with Crippen molar-refractivity contribution in [3.63, 3.8) is 0 Å². The molecule has 5 heteroatoms. The third-order valence-electron chi connectivity index (χ3n) is 2.33. The van der Waals surface area contributed by atoms with Crippen LogP contribution in [0.5, 0.6) is 5.75 Å². The van der Waals surface area contributed by atoms with E-state index in [1.165, 1.54) is 0 Å². The van der Waals surface area contributed by atoms with Gasteiger partial charge in [-0.2, -0.15) is 0 Å². The lowest BCUT2D eigenvalue weighted by atomic mass is 9.99. The molecule has 1 aromatic carbocycles. The first-order valence-corrected chi connectivity index (χ1v) is 4.98. The zero-order valence-corrected chi connectivity index (χ0v) is 8.90. The minimum atomic E-state index is -1.37. The highest BCUT2D eigenvalue weighted by Crippen LogP contribution is 2.30. The molecule has 0 bridgehead atoms. The number of rotatable bonds is 4. The molecule has 0 radical (unpaired) electrons. The Morgan fingerprint density at radius 2 is 2.19 bits per heavy atom. The minimum Gasteiger partial charge on any atom is -0.507 e. The quantitative estimate of drug-likeness (QED) is 0.734. The molecular weight excluding hydrogens is 213 g/mol. The van der Waals surface area contributed by atoms with Gasteiger partial charge in [0.25, 0.3) is 0 Å². The van der Waals surface area contributed by atoms with Gasteiger partial charge in [0, 0.05) is 11.6 Å². The number of hydrogen-bond acceptors (Lipinski definition) is 3. The summed E-state index contributed by atoms with van der Waals surface area (Å²) in [6, 6.07) is 1.29. The molecule has 16 heavy (non-hydrogen) atoms. The van der Waals surface area contributed by atoms with Gasteiger partial charge in [-0.1, -0.05) is 13.3 Å². The third-order valence-corrected chi connectivity index (χ3v) is 2.33. The summed E-state index contributed by atoms with van der Waals surface area (Å²) >= 11 is 0. The lowest BCUT2D eigenvalue weighted by Crippen LogP contribution is -2.12. The molecule has 0 aliphatic carbocycles. The first-order chi connectivity index (χ1) is 7.47. The van der Waals surface area contributed by atoms with Gasteiger partial charge < -0.3 is 15.9 Å². The fourth-order valence-electron chi connectivity index (χ4n) is 1.53. The fraction of sp³-hybridized carbons (Fsp3) is 0.364. The van der Waals surface area contributed by atoms with Crippen LogP contribution in [0.2, 0.25) is 0 Å². The minimum absolute atomic E-state index is 0.138. The lowest BCUT2D eigenvalue weighted by Gasteiger charge is -2.14. The van der Waals surface area contributed by atoms with Crippen molar-refractivity contribution in [3.05, 3.63) is 29.1 Å². The molecule has 4 nitrogen and oxygen atoms in total. The second-order valence-electron chi connectivity index (χ2n) is 3.59. The summed E-state index contributed by atoms with van der Waals surface area (Å²) in [5, 5.41) is 18.4. The number of phenols is 1. The molecule has 0 saturated carbocycles. The molecule has 0 saturated heterocycles. The van der Waals surface area contributed by atoms with Gasteiger partial charge in [-0.05, 0) is 18.6 Å². The topological polar surface area (TPSA) is 83.6 Å². The highest BCUT2D eigenvalue weighted by atomic mass is 19.1. The molecule has 88 valence electrons. The summed E-state index contributed by atoms with van der Waals surface area (Å²) in [5.41, 5.74) is 5.41. The van der Waals surface area contributed by atoms with E-state index in [0.29, 0.717) is 6.42 Å². The molecular formula is C11H14FNO3. The summed E-state index contributed by atoms with van der Waals surface area (Å²) in [6.45, 7) is 1.90. The van der Waals surface area contributed by atoms with E-state index in [0.717, 1.165) is 18.6 Å². The van der Waals surface area contributed by atoms with Gasteiger partial charge >= 0.3 is 5.97 Å². The molecule has 1 rings (SSSR count). The van der Waals surface area contributed by atoms with Crippen LogP contribution in [0.1, 0.15) is 41.7 Å². The van der Waals surface area contributed by atoms with E-state index in [4.69, 9.17) is 10.8 Å². The van der Waals surface area contributed by atoms with Crippen LogP contribution in [0, 0.1) is 5.82 Å². The molecule has 0 aromatic heterocycles. The van der Waals surface area contributed by atoms with Crippen LogP contribution >= 0.6 is 0 Å². The lowest BCUT2D eigenvalue weighted by molar-refractivity contribution is 0.0693. The number of halogens is 1. The zero-order chi connectivity index (χ0) is 12.3. The van der Waals surface area contributed by atoms with Crippen molar-refractivity contribution in [2.24, 2.45) is 5.73 Å². The molecule has 4 N–H and O–H groups in total. The summed E-state index contributed by atoms with van der Waals surface area (Å²) in [6.07, 6.45) is 1.32. The number of nitrogens with two attached hydrogens (primary N) is 1. The maximum Gasteiger partial charge on any atom is 0.339 e. The molecule has 0 amide bonds. The SMILES string of the molecule is CCC[C@@H](N)c1cc(F)cc(C(=O)O)c1O. The van der Waals surface area contributed by atoms with Crippen molar-refractivity contribution >= 4 is 5.97 Å². The number of carboxylic acid groups (broad SMARTS) is 1. The summed E-state index contributed by atoms with van der Waals surface area (Å²) in [7, 11) is 0. The number of aromatic carboxylic acids is 1. The van der Waals surface area contributed by atoms with Crippen molar-refractivity contribution in [1.82, 2.24) is 0 Å². The van der Waals surface area contributed by atoms with E-state index < -0.39 is 29.1 Å². The summed E-state index contributed by atoms with van der Waals surface area (Å²) in [5.74, 6) is -2.53. The average molecular weight is 227 g/mol. The van der Waals surface area contributed by atoms with Crippen LogP contribution in [0.4, 0.5) is 4.39 Å². The Labute approximate surface area is 92.5 Å². The second kappa shape index (κ2) is 4.94. The smallest absolute Gasteiger partial charge is 0.339 e. The Hall–Kier alpha value is -1.62. The molecule has 1 aromatic rings. The van der Waals surface area contributed by atoms with E-state index in [1.807, 2.05) is 6.92 Å². The van der Waals surface area contributed by atoms with Gasteiger partial charge in [-0.3, -0.25) is 0 Å². The van der Waals surface area contributed by atoms with Gasteiger partial charge in [0.1, 0.15) is 17.1 Å². The van der Waals surface area contributed by atoms with Gasteiger partial charge in [0.05, 0.1) is 0 Å². The van der Waals surface area contributed by atoms with Crippen molar-refractivity contribution < 1.29 is 19.4 Å². The van der Waals surface area contributed by atoms with E-state index >= 15 is 0 Å². The Kier molecular flexibility index (Phi) is 3.84. The Morgan fingerprint density at radius 3 is 2.69 bits per heavy atom. The predicted molar refractivity (Wildman–Crippen MR) is 56.9 cm³/mol. The van der Waals surface area contributed by atoms with Gasteiger partial charge in [-0.15, -0.1) is 0 Å². The van der Waals surface area contributed by atoms with E-state index in [2.05, 4.69) is 0 Å². The molecule has 0 fully saturated rings. The molecule has 0 aliphatic heterocycles. The van der Waals surface area contributed by atoms with Crippen molar-refractivity contribution in [2.45, 2.75) is 25.8 Å². The normalized spacial score (nSPS) is 12.4. The average Bonchev–Trinajstić information content (AvgIpc) is 2.20. The zero-order valence-electron chi connectivity index (χ0n) is 8.90. The maximum absolute atomic E-state index is 13.1. The third kappa shape index (κ3) is 2.49. The number of aromatic hydroxyl groups is 1. The Morgan fingerprint density at radius 1 is 1.56 bits per heavy atom. The van der Waals surface area contributed by atoms with E-state index in [-0.39, 0.29) is 5.56 Å². The van der Waals surface area contributed by atoms with Crippen LogP contribution < -0.4 is 5.73 Å². The van der Waals surface area contributed by atoms with Crippen LogP contribution in [0.15, 0.2) is 12.1 Å². The maximum atomic E-state index is 13.1. The van der Waals surface area contributed by atoms with Gasteiger partial charge in [0.15, 0.2) is 0 Å². The molecule has 0 spiro atoms. The standard InChI is InChI=1S/C11H14FNO3/c1-2-3-9(13)7-4-6(12)5-8(10(7)14)11(15)16/h4-5,9,14H,2-3,13H2,1H3,(H,15,16)/t9-/m1/s1. The van der Waals surface area contributed by atoms with Crippen LogP contribution in [0.25, 0.3) is 0 Å². The van der Waals surface area contributed by atoms with Crippen LogP contribution in [-0.2, 0) is 0 Å². The Balaban J connectivity index is 3.23. The van der Waals surface area contributed by atoms with E-state index in [1.54, 1.807) is 0 Å². The summed E-state index contributed by atoms with van der Waals surface area (Å²) < 4.78 is 13.1. The number of carboxylic acids is 1. The monoisotopic (exact) mass is 227 g/mol. The van der Waals surface area contributed by atoms with Crippen molar-refractivity contribution in [1.29, 1.82) is 0 Å². The predicted octanol–water partition coefficient (Wildman–Crippen LogP) is 2.03. The second-order valence-corrected chi connectivity index (χ2v) is 3.59. The van der Waals surface area contributed by atoms with Gasteiger partial charge in [-0.25, -0.2) is 9.18 Å². The Bertz CT molecular complexity index is 406. The van der Waals surface area contributed by atoms with Crippen molar-refractivity contribution in [2.75, 3.05) is 0 Å². The number of hydrogen-bond donors (Lipinski definition) is 3. The number of benzene rings is 1. The highest BCUT2D eigenvalue weighted by Gasteiger charge is 2.19.